The first-order valence-electron chi connectivity index (χ1n) is 8.24. The number of ether oxygens (including phenoxy) is 1. The molecule has 0 amide bonds. The number of aromatic amines is 1. The van der Waals surface area contributed by atoms with Gasteiger partial charge in [-0.1, -0.05) is 12.1 Å². The molecular weight excluding hydrogens is 320 g/mol. The van der Waals surface area contributed by atoms with Crippen molar-refractivity contribution < 1.29 is 14.6 Å². The maximum absolute atomic E-state index is 12.3. The Kier molecular flexibility index (Phi) is 3.76. The number of benzene rings is 1. The predicted octanol–water partition coefficient (Wildman–Crippen LogP) is 2.30. The summed E-state index contributed by atoms with van der Waals surface area (Å²) in [6.07, 6.45) is 3.26. The number of H-pyrrole nitrogens is 1. The molecule has 1 aliphatic rings. The molecule has 0 aliphatic heterocycles. The molecule has 7 nitrogen and oxygen atoms in total. The van der Waals surface area contributed by atoms with Gasteiger partial charge >= 0.3 is 5.97 Å². The Morgan fingerprint density at radius 3 is 3.08 bits per heavy atom. The minimum Gasteiger partial charge on any atom is -0.508 e. The second-order valence-corrected chi connectivity index (χ2v) is 5.99. The molecule has 2 N–H and O–H groups in total. The van der Waals surface area contributed by atoms with E-state index in [1.165, 1.54) is 0 Å². The Bertz CT molecular complexity index is 942. The van der Waals surface area contributed by atoms with Gasteiger partial charge in [0.1, 0.15) is 5.75 Å². The van der Waals surface area contributed by atoms with Crippen LogP contribution in [0.15, 0.2) is 30.5 Å². The summed E-state index contributed by atoms with van der Waals surface area (Å²) in [5, 5.41) is 21.4. The number of nitrogens with one attached hydrogen (secondary N) is 1. The fourth-order valence-electron chi connectivity index (χ4n) is 3.30. The van der Waals surface area contributed by atoms with Crippen molar-refractivity contribution in [2.75, 3.05) is 6.61 Å². The summed E-state index contributed by atoms with van der Waals surface area (Å²) in [6, 6.07) is 7.02. The summed E-state index contributed by atoms with van der Waals surface area (Å²) in [4.78, 5) is 12.3. The fourth-order valence-corrected chi connectivity index (χ4v) is 3.30. The second kappa shape index (κ2) is 6.08. The van der Waals surface area contributed by atoms with Crippen molar-refractivity contribution in [1.29, 1.82) is 0 Å². The molecule has 128 valence electrons. The Hall–Kier alpha value is -3.09. The van der Waals surface area contributed by atoms with Crippen LogP contribution in [0.3, 0.4) is 0 Å². The third-order valence-corrected chi connectivity index (χ3v) is 4.36. The number of aromatic hydroxyl groups is 1. The highest BCUT2D eigenvalue weighted by molar-refractivity contribution is 5.92. The number of hydrogen-bond donors (Lipinski definition) is 2. The van der Waals surface area contributed by atoms with E-state index < -0.39 is 5.97 Å². The molecule has 0 radical (unpaired) electrons. The molecule has 7 heteroatoms. The first-order valence-corrected chi connectivity index (χ1v) is 8.24. The van der Waals surface area contributed by atoms with Gasteiger partial charge in [0.05, 0.1) is 25.0 Å². The van der Waals surface area contributed by atoms with E-state index in [1.54, 1.807) is 36.0 Å². The van der Waals surface area contributed by atoms with Crippen LogP contribution in [0.25, 0.3) is 11.3 Å². The highest BCUT2D eigenvalue weighted by Crippen LogP contribution is 2.35. The van der Waals surface area contributed by atoms with Gasteiger partial charge in [0.15, 0.2) is 5.69 Å². The Morgan fingerprint density at radius 2 is 2.28 bits per heavy atom. The molecule has 0 fully saturated rings. The lowest BCUT2D eigenvalue weighted by Crippen LogP contribution is -2.10. The average Bonchev–Trinajstić information content (AvgIpc) is 3.19. The SMILES string of the molecule is CCOC(=O)c1nn(Cc2cccc(O)c2)c2c1CCc1[nH]ncc1-2. The Morgan fingerprint density at radius 1 is 1.40 bits per heavy atom. The van der Waals surface area contributed by atoms with E-state index in [4.69, 9.17) is 4.74 Å². The summed E-state index contributed by atoms with van der Waals surface area (Å²) in [5.41, 5.74) is 5.05. The third kappa shape index (κ3) is 2.67. The predicted molar refractivity (Wildman–Crippen MR) is 90.4 cm³/mol. The maximum atomic E-state index is 12.3. The zero-order valence-electron chi connectivity index (χ0n) is 13.8. The van der Waals surface area contributed by atoms with Crippen molar-refractivity contribution in [1.82, 2.24) is 20.0 Å². The maximum Gasteiger partial charge on any atom is 0.359 e. The number of rotatable bonds is 4. The van der Waals surface area contributed by atoms with Crippen LogP contribution in [0.2, 0.25) is 0 Å². The van der Waals surface area contributed by atoms with Crippen LogP contribution in [0.5, 0.6) is 5.75 Å². The van der Waals surface area contributed by atoms with E-state index in [2.05, 4.69) is 15.3 Å². The van der Waals surface area contributed by atoms with Gasteiger partial charge in [-0.05, 0) is 37.5 Å². The van der Waals surface area contributed by atoms with E-state index in [1.807, 2.05) is 6.07 Å². The summed E-state index contributed by atoms with van der Waals surface area (Å²) < 4.78 is 6.96. The number of esters is 1. The van der Waals surface area contributed by atoms with Crippen molar-refractivity contribution in [3.8, 4) is 17.0 Å². The number of fused-ring (bicyclic) bond motifs is 3. The van der Waals surface area contributed by atoms with E-state index in [0.717, 1.165) is 34.5 Å². The van der Waals surface area contributed by atoms with Gasteiger partial charge in [-0.25, -0.2) is 4.79 Å². The highest BCUT2D eigenvalue weighted by Gasteiger charge is 2.30. The largest absolute Gasteiger partial charge is 0.508 e. The van der Waals surface area contributed by atoms with Gasteiger partial charge in [0.25, 0.3) is 0 Å². The minimum atomic E-state index is -0.402. The molecule has 0 unspecified atom stereocenters. The summed E-state index contributed by atoms with van der Waals surface area (Å²) in [7, 11) is 0. The normalized spacial score (nSPS) is 12.5. The third-order valence-electron chi connectivity index (χ3n) is 4.36. The number of hydrogen-bond acceptors (Lipinski definition) is 5. The number of carbonyl (C=O) groups is 1. The van der Waals surface area contributed by atoms with Gasteiger partial charge in [-0.15, -0.1) is 0 Å². The van der Waals surface area contributed by atoms with Gasteiger partial charge in [-0.2, -0.15) is 10.2 Å². The quantitative estimate of drug-likeness (QED) is 0.712. The number of nitrogens with zero attached hydrogens (tertiary/aromatic N) is 3. The topological polar surface area (TPSA) is 93.0 Å². The zero-order chi connectivity index (χ0) is 17.4. The van der Waals surface area contributed by atoms with Crippen molar-refractivity contribution in [2.45, 2.75) is 26.3 Å². The van der Waals surface area contributed by atoms with Crippen LogP contribution in [-0.4, -0.2) is 37.7 Å². The van der Waals surface area contributed by atoms with Gasteiger partial charge in [0.2, 0.25) is 0 Å². The average molecular weight is 338 g/mol. The first-order chi connectivity index (χ1) is 12.2. The van der Waals surface area contributed by atoms with Crippen LogP contribution in [0.1, 0.15) is 34.2 Å². The first kappa shape index (κ1) is 15.4. The molecule has 3 aromatic rings. The molecule has 1 aromatic carbocycles. The van der Waals surface area contributed by atoms with Crippen LogP contribution in [0.4, 0.5) is 0 Å². The van der Waals surface area contributed by atoms with Crippen LogP contribution in [0, 0.1) is 0 Å². The smallest absolute Gasteiger partial charge is 0.359 e. The van der Waals surface area contributed by atoms with Crippen LogP contribution >= 0.6 is 0 Å². The summed E-state index contributed by atoms with van der Waals surface area (Å²) in [6.45, 7) is 2.53. The Balaban J connectivity index is 1.82. The van der Waals surface area contributed by atoms with E-state index in [-0.39, 0.29) is 5.75 Å². The molecule has 0 saturated heterocycles. The van der Waals surface area contributed by atoms with E-state index >= 15 is 0 Å². The van der Waals surface area contributed by atoms with Crippen molar-refractivity contribution in [3.63, 3.8) is 0 Å². The molecule has 4 rings (SSSR count). The molecule has 25 heavy (non-hydrogen) atoms. The minimum absolute atomic E-state index is 0.202. The van der Waals surface area contributed by atoms with Crippen molar-refractivity contribution in [2.24, 2.45) is 0 Å². The number of phenolic OH excluding ortho intramolecular Hbond substituents is 1. The summed E-state index contributed by atoms with van der Waals surface area (Å²) in [5.74, 6) is -0.200. The number of phenols is 1. The monoisotopic (exact) mass is 338 g/mol. The van der Waals surface area contributed by atoms with E-state index in [9.17, 15) is 9.90 Å². The van der Waals surface area contributed by atoms with Crippen LogP contribution < -0.4 is 0 Å². The molecule has 2 heterocycles. The molecule has 1 aliphatic carbocycles. The van der Waals surface area contributed by atoms with Crippen molar-refractivity contribution in [3.05, 3.63) is 53.0 Å². The van der Waals surface area contributed by atoms with Gasteiger partial charge in [0, 0.05) is 16.8 Å². The lowest BCUT2D eigenvalue weighted by Gasteiger charge is -2.14. The van der Waals surface area contributed by atoms with E-state index in [0.29, 0.717) is 25.3 Å². The van der Waals surface area contributed by atoms with Gasteiger partial charge in [-0.3, -0.25) is 9.78 Å². The number of carbonyl (C=O) groups excluding carboxylic acids is 1. The molecule has 0 spiro atoms. The molecule has 0 saturated carbocycles. The number of aryl methyl sites for hydroxylation is 1. The zero-order valence-corrected chi connectivity index (χ0v) is 13.8. The molecule has 0 bridgehead atoms. The summed E-state index contributed by atoms with van der Waals surface area (Å²) >= 11 is 0. The highest BCUT2D eigenvalue weighted by atomic mass is 16.5. The molecular formula is C18H18N4O3. The second-order valence-electron chi connectivity index (χ2n) is 5.99. The van der Waals surface area contributed by atoms with Gasteiger partial charge < -0.3 is 9.84 Å². The lowest BCUT2D eigenvalue weighted by atomic mass is 9.94. The van der Waals surface area contributed by atoms with Crippen LogP contribution in [-0.2, 0) is 24.1 Å². The number of aromatic nitrogens is 4. The molecule has 0 atom stereocenters. The Labute approximate surface area is 144 Å². The lowest BCUT2D eigenvalue weighted by molar-refractivity contribution is 0.0517. The standard InChI is InChI=1S/C18H18N4O3/c1-2-25-18(24)16-13-6-7-15-14(9-19-20-15)17(13)22(21-16)10-11-4-3-5-12(23)8-11/h3-5,8-9,23H,2,6-7,10H2,1H3,(H,19,20). The fraction of sp³-hybridized carbons (Fsp3) is 0.278. The van der Waals surface area contributed by atoms with Crippen molar-refractivity contribution >= 4 is 5.97 Å². The molecule has 2 aromatic heterocycles.